The van der Waals surface area contributed by atoms with Gasteiger partial charge >= 0.3 is 0 Å². The molecule has 0 aromatic heterocycles. The molecule has 3 nitrogen and oxygen atoms in total. The van der Waals surface area contributed by atoms with E-state index in [4.69, 9.17) is 5.11 Å². The fraction of sp³-hybridized carbons (Fsp3) is 0.500. The molecule has 1 aromatic rings. The first-order chi connectivity index (χ1) is 8.58. The zero-order chi connectivity index (χ0) is 13.2. The first kappa shape index (κ1) is 13.0. The van der Waals surface area contributed by atoms with Crippen molar-refractivity contribution in [3.63, 3.8) is 0 Å². The number of amides is 1. The summed E-state index contributed by atoms with van der Waals surface area (Å²) in [5.41, 5.74) is 0.398. The SMILES string of the molecule is CC(CCO)NC(=O)C1(c2ccc(F)cc2)CC1. The number of nitrogens with one attached hydrogen (secondary N) is 1. The second-order valence-corrected chi connectivity index (χ2v) is 4.98. The summed E-state index contributed by atoms with van der Waals surface area (Å²) in [5.74, 6) is -0.307. The van der Waals surface area contributed by atoms with Gasteiger partial charge in [-0.1, -0.05) is 12.1 Å². The zero-order valence-corrected chi connectivity index (χ0v) is 10.4. The average Bonchev–Trinajstić information content (AvgIpc) is 3.11. The van der Waals surface area contributed by atoms with Gasteiger partial charge in [0.05, 0.1) is 5.41 Å². The lowest BCUT2D eigenvalue weighted by Crippen LogP contribution is -2.40. The topological polar surface area (TPSA) is 49.3 Å². The Labute approximate surface area is 106 Å². The first-order valence-electron chi connectivity index (χ1n) is 6.26. The molecule has 1 aromatic carbocycles. The number of benzene rings is 1. The van der Waals surface area contributed by atoms with Crippen LogP contribution in [-0.2, 0) is 10.2 Å². The Kier molecular flexibility index (Phi) is 3.66. The normalized spacial score (nSPS) is 18.2. The van der Waals surface area contributed by atoms with Crippen LogP contribution in [0.1, 0.15) is 31.7 Å². The molecule has 1 aliphatic rings. The monoisotopic (exact) mass is 251 g/mol. The first-order valence-corrected chi connectivity index (χ1v) is 6.26. The van der Waals surface area contributed by atoms with Crippen LogP contribution >= 0.6 is 0 Å². The minimum absolute atomic E-state index is 0.0185. The summed E-state index contributed by atoms with van der Waals surface area (Å²) < 4.78 is 12.9. The van der Waals surface area contributed by atoms with Crippen LogP contribution in [-0.4, -0.2) is 23.7 Å². The molecule has 1 amide bonds. The van der Waals surface area contributed by atoms with Crippen LogP contribution in [0.2, 0.25) is 0 Å². The Morgan fingerprint density at radius 3 is 2.56 bits per heavy atom. The summed E-state index contributed by atoms with van der Waals surface area (Å²) in [6.45, 7) is 1.93. The number of rotatable bonds is 5. The summed E-state index contributed by atoms with van der Waals surface area (Å²) in [6.07, 6.45) is 2.15. The molecule has 0 heterocycles. The van der Waals surface area contributed by atoms with Gasteiger partial charge < -0.3 is 10.4 Å². The smallest absolute Gasteiger partial charge is 0.230 e. The number of aliphatic hydroxyl groups is 1. The van der Waals surface area contributed by atoms with E-state index in [2.05, 4.69) is 5.32 Å². The highest BCUT2D eigenvalue weighted by atomic mass is 19.1. The predicted molar refractivity (Wildman–Crippen MR) is 66.6 cm³/mol. The summed E-state index contributed by atoms with van der Waals surface area (Å²) >= 11 is 0. The van der Waals surface area contributed by atoms with E-state index < -0.39 is 5.41 Å². The van der Waals surface area contributed by atoms with E-state index in [-0.39, 0.29) is 24.4 Å². The van der Waals surface area contributed by atoms with Gasteiger partial charge in [0.25, 0.3) is 0 Å². The molecule has 0 radical (unpaired) electrons. The summed E-state index contributed by atoms with van der Waals surface area (Å²) in [5, 5.41) is 11.7. The van der Waals surface area contributed by atoms with Gasteiger partial charge in [-0.3, -0.25) is 4.79 Å². The number of carbonyl (C=O) groups is 1. The molecule has 1 fully saturated rings. The van der Waals surface area contributed by atoms with Gasteiger partial charge in [0, 0.05) is 12.6 Å². The van der Waals surface area contributed by atoms with Crippen molar-refractivity contribution in [1.82, 2.24) is 5.32 Å². The lowest BCUT2D eigenvalue weighted by atomic mass is 9.94. The lowest BCUT2D eigenvalue weighted by Gasteiger charge is -2.19. The quantitative estimate of drug-likeness (QED) is 0.837. The molecular weight excluding hydrogens is 233 g/mol. The van der Waals surface area contributed by atoms with Crippen molar-refractivity contribution in [1.29, 1.82) is 0 Å². The highest BCUT2D eigenvalue weighted by Crippen LogP contribution is 2.48. The Hall–Kier alpha value is -1.42. The van der Waals surface area contributed by atoms with Gasteiger partial charge in [0.2, 0.25) is 5.91 Å². The van der Waals surface area contributed by atoms with E-state index >= 15 is 0 Å². The van der Waals surface area contributed by atoms with Crippen molar-refractivity contribution in [3.05, 3.63) is 35.6 Å². The Bertz CT molecular complexity index is 426. The molecule has 1 aliphatic carbocycles. The Morgan fingerprint density at radius 2 is 2.06 bits per heavy atom. The zero-order valence-electron chi connectivity index (χ0n) is 10.4. The average molecular weight is 251 g/mol. The number of halogens is 1. The van der Waals surface area contributed by atoms with E-state index in [0.29, 0.717) is 6.42 Å². The van der Waals surface area contributed by atoms with Gasteiger partial charge in [0.15, 0.2) is 0 Å². The molecule has 2 rings (SSSR count). The van der Waals surface area contributed by atoms with Crippen LogP contribution < -0.4 is 5.32 Å². The number of aliphatic hydroxyl groups excluding tert-OH is 1. The van der Waals surface area contributed by atoms with Crippen molar-refractivity contribution < 1.29 is 14.3 Å². The van der Waals surface area contributed by atoms with Crippen LogP contribution in [0.4, 0.5) is 4.39 Å². The van der Waals surface area contributed by atoms with E-state index in [1.807, 2.05) is 6.92 Å². The van der Waals surface area contributed by atoms with Gasteiger partial charge in [-0.05, 0) is 43.9 Å². The molecular formula is C14H18FNO2. The number of hydrogen-bond donors (Lipinski definition) is 2. The molecule has 98 valence electrons. The molecule has 18 heavy (non-hydrogen) atoms. The van der Waals surface area contributed by atoms with Crippen molar-refractivity contribution in [2.24, 2.45) is 0 Å². The molecule has 1 saturated carbocycles. The van der Waals surface area contributed by atoms with Gasteiger partial charge in [-0.25, -0.2) is 4.39 Å². The van der Waals surface area contributed by atoms with Crippen molar-refractivity contribution in [2.75, 3.05) is 6.61 Å². The highest BCUT2D eigenvalue weighted by molar-refractivity contribution is 5.91. The summed E-state index contributed by atoms with van der Waals surface area (Å²) in [7, 11) is 0. The second kappa shape index (κ2) is 5.06. The molecule has 2 N–H and O–H groups in total. The van der Waals surface area contributed by atoms with E-state index in [0.717, 1.165) is 18.4 Å². The molecule has 0 spiro atoms. The molecule has 1 atom stereocenters. The maximum absolute atomic E-state index is 12.9. The maximum atomic E-state index is 12.9. The van der Waals surface area contributed by atoms with Crippen molar-refractivity contribution in [2.45, 2.75) is 37.6 Å². The molecule has 4 heteroatoms. The van der Waals surface area contributed by atoms with Crippen LogP contribution in [0.25, 0.3) is 0 Å². The Morgan fingerprint density at radius 1 is 1.44 bits per heavy atom. The summed E-state index contributed by atoms with van der Waals surface area (Å²) in [6, 6.07) is 6.09. The maximum Gasteiger partial charge on any atom is 0.230 e. The van der Waals surface area contributed by atoms with Crippen LogP contribution in [0, 0.1) is 5.82 Å². The minimum Gasteiger partial charge on any atom is -0.396 e. The fourth-order valence-electron chi connectivity index (χ4n) is 2.17. The number of carbonyl (C=O) groups excluding carboxylic acids is 1. The summed E-state index contributed by atoms with van der Waals surface area (Å²) in [4.78, 5) is 12.2. The lowest BCUT2D eigenvalue weighted by molar-refractivity contribution is -0.124. The van der Waals surface area contributed by atoms with Crippen molar-refractivity contribution in [3.8, 4) is 0 Å². The minimum atomic E-state index is -0.475. The van der Waals surface area contributed by atoms with Gasteiger partial charge in [-0.15, -0.1) is 0 Å². The molecule has 0 bridgehead atoms. The third-order valence-electron chi connectivity index (χ3n) is 3.52. The molecule has 0 aliphatic heterocycles. The van der Waals surface area contributed by atoms with Gasteiger partial charge in [0.1, 0.15) is 5.82 Å². The second-order valence-electron chi connectivity index (χ2n) is 4.98. The van der Waals surface area contributed by atoms with Crippen molar-refractivity contribution >= 4 is 5.91 Å². The van der Waals surface area contributed by atoms with Crippen LogP contribution in [0.15, 0.2) is 24.3 Å². The Balaban J connectivity index is 2.07. The molecule has 0 saturated heterocycles. The molecule has 1 unspecified atom stereocenters. The van der Waals surface area contributed by atoms with E-state index in [9.17, 15) is 9.18 Å². The third-order valence-corrected chi connectivity index (χ3v) is 3.52. The van der Waals surface area contributed by atoms with Crippen LogP contribution in [0.5, 0.6) is 0 Å². The largest absolute Gasteiger partial charge is 0.396 e. The fourth-order valence-corrected chi connectivity index (χ4v) is 2.17. The van der Waals surface area contributed by atoms with E-state index in [1.54, 1.807) is 12.1 Å². The number of hydrogen-bond acceptors (Lipinski definition) is 2. The van der Waals surface area contributed by atoms with Gasteiger partial charge in [-0.2, -0.15) is 0 Å². The van der Waals surface area contributed by atoms with E-state index in [1.165, 1.54) is 12.1 Å². The third kappa shape index (κ3) is 2.53. The highest BCUT2D eigenvalue weighted by Gasteiger charge is 2.51. The van der Waals surface area contributed by atoms with Crippen LogP contribution in [0.3, 0.4) is 0 Å². The predicted octanol–water partition coefficient (Wildman–Crippen LogP) is 1.74. The standard InChI is InChI=1S/C14H18FNO2/c1-10(6-9-17)16-13(18)14(7-8-14)11-2-4-12(15)5-3-11/h2-5,10,17H,6-9H2,1H3,(H,16,18).